The van der Waals surface area contributed by atoms with E-state index in [2.05, 4.69) is 15.6 Å². The molecule has 1 amide bonds. The van der Waals surface area contributed by atoms with E-state index < -0.39 is 6.10 Å². The van der Waals surface area contributed by atoms with E-state index >= 15 is 0 Å². The molecule has 0 bridgehead atoms. The smallest absolute Gasteiger partial charge is 0.326 e. The number of phenolic OH excluding ortho intramolecular Hbond substituents is 1. The number of rotatable bonds is 9. The van der Waals surface area contributed by atoms with Gasteiger partial charge in [-0.25, -0.2) is 4.79 Å². The van der Waals surface area contributed by atoms with Crippen molar-refractivity contribution in [2.24, 2.45) is 0 Å². The number of aliphatic hydroxyl groups is 1. The number of fused-ring (bicyclic) bond motifs is 2. The summed E-state index contributed by atoms with van der Waals surface area (Å²) in [6.07, 6.45) is 0.517. The lowest BCUT2D eigenvalue weighted by molar-refractivity contribution is -0.118. The molecule has 3 aromatic rings. The lowest BCUT2D eigenvalue weighted by atomic mass is 9.97. The van der Waals surface area contributed by atoms with E-state index in [1.165, 1.54) is 12.1 Å². The molecular formula is C24H30N4O6. The summed E-state index contributed by atoms with van der Waals surface area (Å²) in [6.45, 7) is 4.65. The Morgan fingerprint density at radius 1 is 1.29 bits per heavy atom. The molecule has 1 aliphatic rings. The minimum absolute atomic E-state index is 0.0707. The fraction of sp³-hybridized carbons (Fsp3) is 0.417. The number of aromatic amines is 1. The monoisotopic (exact) mass is 470 g/mol. The largest absolute Gasteiger partial charge is 0.508 e. The number of benzene rings is 2. The van der Waals surface area contributed by atoms with Crippen molar-refractivity contribution in [2.75, 3.05) is 25.6 Å². The van der Waals surface area contributed by atoms with Crippen molar-refractivity contribution in [1.82, 2.24) is 14.9 Å². The summed E-state index contributed by atoms with van der Waals surface area (Å²) in [7, 11) is 1.57. The molecule has 1 aromatic heterocycles. The summed E-state index contributed by atoms with van der Waals surface area (Å²) in [4.78, 5) is 26.9. The van der Waals surface area contributed by atoms with Gasteiger partial charge in [0.25, 0.3) is 5.91 Å². The van der Waals surface area contributed by atoms with E-state index in [0.717, 1.165) is 18.4 Å². The van der Waals surface area contributed by atoms with Crippen LogP contribution < -0.4 is 25.8 Å². The molecule has 1 atom stereocenters. The lowest BCUT2D eigenvalue weighted by Crippen LogP contribution is -2.42. The van der Waals surface area contributed by atoms with Gasteiger partial charge >= 0.3 is 5.69 Å². The van der Waals surface area contributed by atoms with Gasteiger partial charge in [0.05, 0.1) is 24.4 Å². The molecule has 0 unspecified atom stereocenters. The molecule has 2 heterocycles. The topological polar surface area (TPSA) is 138 Å². The Morgan fingerprint density at radius 3 is 2.85 bits per heavy atom. The summed E-state index contributed by atoms with van der Waals surface area (Å²) < 4.78 is 12.5. The minimum Gasteiger partial charge on any atom is -0.508 e. The zero-order valence-corrected chi connectivity index (χ0v) is 19.5. The molecule has 0 radical (unpaired) electrons. The predicted molar refractivity (Wildman–Crippen MR) is 128 cm³/mol. The second-order valence-electron chi connectivity index (χ2n) is 9.07. The van der Waals surface area contributed by atoms with Gasteiger partial charge in [0.15, 0.2) is 6.61 Å². The Bertz CT molecular complexity index is 1260. The number of H-pyrrole nitrogens is 1. The maximum Gasteiger partial charge on any atom is 0.326 e. The predicted octanol–water partition coefficient (Wildman–Crippen LogP) is 2.26. The van der Waals surface area contributed by atoms with Crippen LogP contribution in [-0.4, -0.2) is 51.5 Å². The van der Waals surface area contributed by atoms with Crippen molar-refractivity contribution >= 4 is 22.6 Å². The zero-order valence-electron chi connectivity index (χ0n) is 19.5. The van der Waals surface area contributed by atoms with Gasteiger partial charge in [-0.2, -0.15) is 0 Å². The first kappa shape index (κ1) is 23.7. The van der Waals surface area contributed by atoms with Gasteiger partial charge in [-0.3, -0.25) is 9.36 Å². The Hall–Kier alpha value is -3.50. The molecule has 0 spiro atoms. The summed E-state index contributed by atoms with van der Waals surface area (Å²) in [5.41, 5.74) is 1.71. The number of aliphatic hydroxyl groups excluding tert-OH is 1. The number of aromatic nitrogens is 2. The molecule has 2 aromatic carbocycles. The second-order valence-corrected chi connectivity index (χ2v) is 9.07. The number of carbonyl (C=O) groups is 1. The highest BCUT2D eigenvalue weighted by Crippen LogP contribution is 2.38. The second kappa shape index (κ2) is 9.40. The highest BCUT2D eigenvalue weighted by atomic mass is 16.5. The molecule has 10 nitrogen and oxygen atoms in total. The highest BCUT2D eigenvalue weighted by Gasteiger charge is 2.26. The van der Waals surface area contributed by atoms with Crippen LogP contribution in [-0.2, 0) is 11.3 Å². The highest BCUT2D eigenvalue weighted by molar-refractivity contribution is 5.96. The minimum atomic E-state index is -0.959. The number of methoxy groups -OCH3 is 1. The van der Waals surface area contributed by atoms with Crippen molar-refractivity contribution in [2.45, 2.75) is 44.9 Å². The number of carbonyl (C=O) groups excluding carboxylic acids is 1. The van der Waals surface area contributed by atoms with Crippen molar-refractivity contribution < 1.29 is 24.5 Å². The molecule has 1 aliphatic heterocycles. The third-order valence-corrected chi connectivity index (χ3v) is 6.03. The molecule has 0 fully saturated rings. The maximum atomic E-state index is 12.4. The molecule has 0 aliphatic carbocycles. The first-order chi connectivity index (χ1) is 16.2. The Balaban J connectivity index is 1.38. The van der Waals surface area contributed by atoms with Crippen LogP contribution in [0.25, 0.3) is 11.0 Å². The number of β-amino-alcohol motifs (C(OH)–C–C–N with tert-alkyl or cyclic N) is 1. The Morgan fingerprint density at radius 2 is 2.09 bits per heavy atom. The SMILES string of the molecule is COc1cccc2c1[nH]c(=O)n2CCCC(C)(C)NC[C@H](O)c1cc(O)cc2c1OCC(=O)N2. The van der Waals surface area contributed by atoms with E-state index in [4.69, 9.17) is 9.47 Å². The molecule has 0 saturated carbocycles. The number of nitrogens with one attached hydrogen (secondary N) is 3. The first-order valence-corrected chi connectivity index (χ1v) is 11.2. The quantitative estimate of drug-likeness (QED) is 0.323. The molecule has 5 N–H and O–H groups in total. The van der Waals surface area contributed by atoms with Gasteiger partial charge in [0.1, 0.15) is 22.8 Å². The van der Waals surface area contributed by atoms with Crippen molar-refractivity contribution in [3.05, 3.63) is 46.4 Å². The van der Waals surface area contributed by atoms with Crippen molar-refractivity contribution in [3.63, 3.8) is 0 Å². The number of para-hydroxylation sites is 1. The van der Waals surface area contributed by atoms with E-state index in [0.29, 0.717) is 34.8 Å². The average Bonchev–Trinajstić information content (AvgIpc) is 3.11. The number of imidazole rings is 1. The number of amides is 1. The Kier molecular flexibility index (Phi) is 6.54. The summed E-state index contributed by atoms with van der Waals surface area (Å²) in [6, 6.07) is 8.38. The molecule has 182 valence electrons. The van der Waals surface area contributed by atoms with Crippen LogP contribution in [0.3, 0.4) is 0 Å². The molecule has 34 heavy (non-hydrogen) atoms. The number of nitrogens with zero attached hydrogens (tertiary/aromatic N) is 1. The van der Waals surface area contributed by atoms with E-state index in [1.54, 1.807) is 11.7 Å². The van der Waals surface area contributed by atoms with Crippen LogP contribution in [0.15, 0.2) is 35.1 Å². The molecule has 10 heteroatoms. The van der Waals surface area contributed by atoms with E-state index in [9.17, 15) is 19.8 Å². The van der Waals surface area contributed by atoms with Crippen LogP contribution in [0.5, 0.6) is 17.2 Å². The Labute approximate surface area is 196 Å². The van der Waals surface area contributed by atoms with Crippen LogP contribution in [0, 0.1) is 0 Å². The number of aryl methyl sites for hydroxylation is 1. The van der Waals surface area contributed by atoms with E-state index in [-0.39, 0.29) is 36.0 Å². The van der Waals surface area contributed by atoms with Crippen LogP contribution >= 0.6 is 0 Å². The van der Waals surface area contributed by atoms with Crippen molar-refractivity contribution in [3.8, 4) is 17.2 Å². The first-order valence-electron chi connectivity index (χ1n) is 11.2. The van der Waals surface area contributed by atoms with Crippen LogP contribution in [0.1, 0.15) is 38.4 Å². The normalized spacial score (nSPS) is 14.4. The third kappa shape index (κ3) is 4.87. The van der Waals surface area contributed by atoms with Gasteiger partial charge in [-0.1, -0.05) is 6.07 Å². The van der Waals surface area contributed by atoms with Gasteiger partial charge in [0.2, 0.25) is 0 Å². The van der Waals surface area contributed by atoms with Gasteiger partial charge in [-0.05, 0) is 44.9 Å². The molecular weight excluding hydrogens is 440 g/mol. The number of ether oxygens (including phenoxy) is 2. The summed E-state index contributed by atoms with van der Waals surface area (Å²) in [5, 5.41) is 26.8. The lowest BCUT2D eigenvalue weighted by Gasteiger charge is -2.29. The number of hydrogen-bond acceptors (Lipinski definition) is 7. The van der Waals surface area contributed by atoms with Crippen molar-refractivity contribution in [1.29, 1.82) is 0 Å². The van der Waals surface area contributed by atoms with Gasteiger partial charge < -0.3 is 35.3 Å². The maximum absolute atomic E-state index is 12.4. The fourth-order valence-electron chi connectivity index (χ4n) is 4.26. The van der Waals surface area contributed by atoms with Crippen LogP contribution in [0.4, 0.5) is 5.69 Å². The molecule has 0 saturated heterocycles. The zero-order chi connectivity index (χ0) is 24.5. The standard InChI is InChI=1S/C24H30N4O6/c1-24(2,8-5-9-28-17-6-4-7-19(33-3)21(17)27-23(28)32)25-12-18(30)15-10-14(29)11-16-22(15)34-13-20(31)26-16/h4,6-7,10-11,18,25,29-30H,5,8-9,12-13H2,1-3H3,(H,26,31)(H,27,32)/t18-/m0/s1. The van der Waals surface area contributed by atoms with Gasteiger partial charge in [0, 0.05) is 30.3 Å². The number of phenols is 1. The fourth-order valence-corrected chi connectivity index (χ4v) is 4.26. The summed E-state index contributed by atoms with van der Waals surface area (Å²) >= 11 is 0. The third-order valence-electron chi connectivity index (χ3n) is 6.03. The average molecular weight is 471 g/mol. The number of hydrogen-bond donors (Lipinski definition) is 5. The summed E-state index contributed by atoms with van der Waals surface area (Å²) in [5.74, 6) is 0.602. The van der Waals surface area contributed by atoms with Crippen LogP contribution in [0.2, 0.25) is 0 Å². The van der Waals surface area contributed by atoms with E-state index in [1.807, 2.05) is 32.0 Å². The number of anilines is 1. The van der Waals surface area contributed by atoms with Gasteiger partial charge in [-0.15, -0.1) is 0 Å². The number of aromatic hydroxyl groups is 1. The molecule has 4 rings (SSSR count).